The van der Waals surface area contributed by atoms with E-state index >= 15 is 0 Å². The lowest BCUT2D eigenvalue weighted by Crippen LogP contribution is -2.09. The van der Waals surface area contributed by atoms with Gasteiger partial charge in [-0.2, -0.15) is 0 Å². The maximum Gasteiger partial charge on any atom is 0.338 e. The fourth-order valence-corrected chi connectivity index (χ4v) is 2.34. The van der Waals surface area contributed by atoms with E-state index in [4.69, 9.17) is 9.84 Å². The number of ether oxygens (including phenoxy) is 1. The molecule has 2 rings (SSSR count). The van der Waals surface area contributed by atoms with Gasteiger partial charge >= 0.3 is 5.97 Å². The molecule has 0 bridgehead atoms. The summed E-state index contributed by atoms with van der Waals surface area (Å²) in [5.41, 5.74) is 2.88. The number of hydrogen-bond donors (Lipinski definition) is 1. The Bertz CT molecular complexity index is 765. The van der Waals surface area contributed by atoms with Gasteiger partial charge in [-0.3, -0.25) is 0 Å². The zero-order valence-electron chi connectivity index (χ0n) is 13.9. The lowest BCUT2D eigenvalue weighted by Gasteiger charge is -2.13. The summed E-state index contributed by atoms with van der Waals surface area (Å²) in [6.07, 6.45) is 1.25. The summed E-state index contributed by atoms with van der Waals surface area (Å²) in [6.45, 7) is 7.02. The number of rotatable bonds is 6. The molecule has 0 amide bonds. The quantitative estimate of drug-likeness (QED) is 0.491. The normalized spacial score (nSPS) is 10.5. The van der Waals surface area contributed by atoms with Crippen molar-refractivity contribution in [3.05, 3.63) is 65.5 Å². The SMILES string of the molecule is C=C(C)C(=O)Oc1cc(CCCO)ccc1-c1ccc(C)cc1F. The fourth-order valence-electron chi connectivity index (χ4n) is 2.34. The van der Waals surface area contributed by atoms with Gasteiger partial charge in [0.1, 0.15) is 11.6 Å². The Morgan fingerprint density at radius 1 is 1.21 bits per heavy atom. The number of halogens is 1. The highest BCUT2D eigenvalue weighted by atomic mass is 19.1. The first kappa shape index (κ1) is 17.9. The highest BCUT2D eigenvalue weighted by Gasteiger charge is 2.15. The second-order valence-electron chi connectivity index (χ2n) is 5.81. The standard InChI is InChI=1S/C20H21FO3/c1-13(2)20(23)24-19-12-15(5-4-10-22)7-9-17(19)16-8-6-14(3)11-18(16)21/h6-9,11-12,22H,1,4-5,10H2,2-3H3. The van der Waals surface area contributed by atoms with Crippen LogP contribution in [0.2, 0.25) is 0 Å². The van der Waals surface area contributed by atoms with Crippen LogP contribution in [0, 0.1) is 12.7 Å². The van der Waals surface area contributed by atoms with E-state index < -0.39 is 5.97 Å². The van der Waals surface area contributed by atoms with Gasteiger partial charge in [0, 0.05) is 23.3 Å². The summed E-state index contributed by atoms with van der Waals surface area (Å²) in [4.78, 5) is 11.9. The molecule has 0 spiro atoms. The largest absolute Gasteiger partial charge is 0.423 e. The number of carbonyl (C=O) groups is 1. The zero-order chi connectivity index (χ0) is 17.7. The minimum absolute atomic E-state index is 0.0786. The molecule has 1 N–H and O–H groups in total. The van der Waals surface area contributed by atoms with Crippen LogP contribution in [-0.4, -0.2) is 17.7 Å². The van der Waals surface area contributed by atoms with E-state index in [1.165, 1.54) is 6.07 Å². The van der Waals surface area contributed by atoms with Crippen LogP contribution in [0.5, 0.6) is 5.75 Å². The first-order valence-corrected chi connectivity index (χ1v) is 7.80. The highest BCUT2D eigenvalue weighted by molar-refractivity contribution is 5.90. The minimum atomic E-state index is -0.553. The van der Waals surface area contributed by atoms with Crippen LogP contribution in [0.15, 0.2) is 48.6 Å². The molecular formula is C20H21FO3. The van der Waals surface area contributed by atoms with Crippen LogP contribution in [0.25, 0.3) is 11.1 Å². The Hall–Kier alpha value is -2.46. The third-order valence-electron chi connectivity index (χ3n) is 3.64. The second kappa shape index (κ2) is 7.88. The van der Waals surface area contributed by atoms with Crippen molar-refractivity contribution in [2.45, 2.75) is 26.7 Å². The molecule has 0 atom stereocenters. The van der Waals surface area contributed by atoms with Crippen LogP contribution in [0.3, 0.4) is 0 Å². The van der Waals surface area contributed by atoms with Gasteiger partial charge in [0.2, 0.25) is 0 Å². The van der Waals surface area contributed by atoms with Gasteiger partial charge in [-0.25, -0.2) is 9.18 Å². The monoisotopic (exact) mass is 328 g/mol. The summed E-state index contributed by atoms with van der Waals surface area (Å²) < 4.78 is 19.7. The first-order valence-electron chi connectivity index (χ1n) is 7.80. The van der Waals surface area contributed by atoms with E-state index in [0.29, 0.717) is 29.7 Å². The average molecular weight is 328 g/mol. The number of hydrogen-bond acceptors (Lipinski definition) is 3. The van der Waals surface area contributed by atoms with E-state index in [1.807, 2.05) is 19.1 Å². The predicted octanol–water partition coefficient (Wildman–Crippen LogP) is 4.21. The Morgan fingerprint density at radius 2 is 1.92 bits per heavy atom. The smallest absolute Gasteiger partial charge is 0.338 e. The molecule has 0 aromatic heterocycles. The summed E-state index contributed by atoms with van der Waals surface area (Å²) in [7, 11) is 0. The van der Waals surface area contributed by atoms with Gasteiger partial charge in [-0.1, -0.05) is 30.8 Å². The number of aliphatic hydroxyl groups excluding tert-OH is 1. The van der Waals surface area contributed by atoms with Crippen LogP contribution in [0.1, 0.15) is 24.5 Å². The van der Waals surface area contributed by atoms with Crippen LogP contribution >= 0.6 is 0 Å². The molecule has 0 fully saturated rings. The molecule has 126 valence electrons. The third-order valence-corrected chi connectivity index (χ3v) is 3.64. The molecule has 0 unspecified atom stereocenters. The van der Waals surface area contributed by atoms with Gasteiger partial charge in [-0.05, 0) is 49.9 Å². The Balaban J connectivity index is 2.48. The molecule has 3 nitrogen and oxygen atoms in total. The maximum atomic E-state index is 14.3. The van der Waals surface area contributed by atoms with Crippen molar-refractivity contribution in [2.75, 3.05) is 6.61 Å². The molecule has 4 heteroatoms. The summed E-state index contributed by atoms with van der Waals surface area (Å²) >= 11 is 0. The predicted molar refractivity (Wildman–Crippen MR) is 92.4 cm³/mol. The van der Waals surface area contributed by atoms with Crippen LogP contribution < -0.4 is 4.74 Å². The van der Waals surface area contributed by atoms with E-state index in [2.05, 4.69) is 6.58 Å². The molecule has 0 aliphatic carbocycles. The number of aryl methyl sites for hydroxylation is 2. The summed E-state index contributed by atoms with van der Waals surface area (Å²) in [5, 5.41) is 8.96. The Kier molecular flexibility index (Phi) is 5.88. The van der Waals surface area contributed by atoms with E-state index in [9.17, 15) is 9.18 Å². The molecule has 24 heavy (non-hydrogen) atoms. The minimum Gasteiger partial charge on any atom is -0.423 e. The number of esters is 1. The van der Waals surface area contributed by atoms with Crippen molar-refractivity contribution < 1.29 is 19.0 Å². The van der Waals surface area contributed by atoms with Gasteiger partial charge in [0.15, 0.2) is 0 Å². The first-order chi connectivity index (χ1) is 11.4. The van der Waals surface area contributed by atoms with Gasteiger partial charge in [-0.15, -0.1) is 0 Å². The third kappa shape index (κ3) is 4.30. The van der Waals surface area contributed by atoms with Gasteiger partial charge in [0.25, 0.3) is 0 Å². The van der Waals surface area contributed by atoms with Crippen molar-refractivity contribution in [1.82, 2.24) is 0 Å². The van der Waals surface area contributed by atoms with Gasteiger partial charge < -0.3 is 9.84 Å². The van der Waals surface area contributed by atoms with Crippen LogP contribution in [-0.2, 0) is 11.2 Å². The summed E-state index contributed by atoms with van der Waals surface area (Å²) in [6, 6.07) is 10.2. The number of carbonyl (C=O) groups excluding carboxylic acids is 1. The molecule has 0 heterocycles. The molecule has 0 saturated carbocycles. The number of benzene rings is 2. The molecule has 0 saturated heterocycles. The lowest BCUT2D eigenvalue weighted by atomic mass is 9.99. The zero-order valence-corrected chi connectivity index (χ0v) is 13.9. The van der Waals surface area contributed by atoms with Crippen molar-refractivity contribution in [1.29, 1.82) is 0 Å². The fraction of sp³-hybridized carbons (Fsp3) is 0.250. The van der Waals surface area contributed by atoms with Crippen LogP contribution in [0.4, 0.5) is 4.39 Å². The summed E-state index contributed by atoms with van der Waals surface area (Å²) in [5.74, 6) is -0.630. The van der Waals surface area contributed by atoms with E-state index in [1.54, 1.807) is 25.1 Å². The maximum absolute atomic E-state index is 14.3. The van der Waals surface area contributed by atoms with Crippen molar-refractivity contribution >= 4 is 5.97 Å². The number of aliphatic hydroxyl groups is 1. The highest BCUT2D eigenvalue weighted by Crippen LogP contribution is 2.34. The topological polar surface area (TPSA) is 46.5 Å². The van der Waals surface area contributed by atoms with Crippen molar-refractivity contribution in [2.24, 2.45) is 0 Å². The average Bonchev–Trinajstić information content (AvgIpc) is 2.53. The molecule has 2 aromatic carbocycles. The Labute approximate surface area is 141 Å². The molecular weight excluding hydrogens is 307 g/mol. The Morgan fingerprint density at radius 3 is 2.54 bits per heavy atom. The molecule has 2 aromatic rings. The second-order valence-corrected chi connectivity index (χ2v) is 5.81. The molecule has 0 aliphatic heterocycles. The van der Waals surface area contributed by atoms with Crippen molar-refractivity contribution in [3.63, 3.8) is 0 Å². The molecule has 0 radical (unpaired) electrons. The van der Waals surface area contributed by atoms with Gasteiger partial charge in [0.05, 0.1) is 0 Å². The van der Waals surface area contributed by atoms with E-state index in [0.717, 1.165) is 11.1 Å². The van der Waals surface area contributed by atoms with Crippen molar-refractivity contribution in [3.8, 4) is 16.9 Å². The molecule has 0 aliphatic rings. The van der Waals surface area contributed by atoms with E-state index in [-0.39, 0.29) is 18.0 Å². The lowest BCUT2D eigenvalue weighted by molar-refractivity contribution is -0.130.